The highest BCUT2D eigenvalue weighted by Gasteiger charge is 2.32. The molecule has 2 aromatic carbocycles. The van der Waals surface area contributed by atoms with Crippen LogP contribution in [0.4, 0.5) is 4.79 Å². The third-order valence-electron chi connectivity index (χ3n) is 7.42. The first-order chi connectivity index (χ1) is 21.8. The highest BCUT2D eigenvalue weighted by molar-refractivity contribution is 5.96. The van der Waals surface area contributed by atoms with Gasteiger partial charge >= 0.3 is 12.1 Å². The lowest BCUT2D eigenvalue weighted by Crippen LogP contribution is -2.56. The zero-order valence-corrected chi connectivity index (χ0v) is 26.4. The smallest absolute Gasteiger partial charge is 0.415 e. The number of carbonyl (C=O) groups is 5. The van der Waals surface area contributed by atoms with Gasteiger partial charge in [-0.3, -0.25) is 19.2 Å². The normalized spacial score (nSPS) is 13.9. The van der Waals surface area contributed by atoms with Crippen molar-refractivity contribution in [3.63, 3.8) is 0 Å². The van der Waals surface area contributed by atoms with E-state index in [0.29, 0.717) is 11.4 Å². The molecular weight excluding hydrogens is 594 g/mol. The maximum atomic E-state index is 13.5. The van der Waals surface area contributed by atoms with Crippen molar-refractivity contribution in [1.29, 1.82) is 0 Å². The van der Waals surface area contributed by atoms with Crippen molar-refractivity contribution in [3.05, 3.63) is 71.9 Å². The van der Waals surface area contributed by atoms with Crippen molar-refractivity contribution in [2.24, 2.45) is 5.41 Å². The molecule has 13 heteroatoms. The van der Waals surface area contributed by atoms with Crippen LogP contribution in [0.25, 0.3) is 5.69 Å². The average Bonchev–Trinajstić information content (AvgIpc) is 3.47. The summed E-state index contributed by atoms with van der Waals surface area (Å²) < 4.78 is 12.6. The van der Waals surface area contributed by atoms with E-state index in [1.807, 2.05) is 25.1 Å². The number of benzene rings is 2. The van der Waals surface area contributed by atoms with Gasteiger partial charge in [0.05, 0.1) is 5.69 Å². The SMILES string of the molecule is Cc1ccc(OC(=O)N2CCN(C(=O)C(CCC(=O)O)NC(=O)c3cc(OCC(=O)C(C)(C)C)n(-c4ccccc4)n3)CC2)cc1. The van der Waals surface area contributed by atoms with E-state index in [-0.39, 0.29) is 63.0 Å². The van der Waals surface area contributed by atoms with Crippen LogP contribution in [0.3, 0.4) is 0 Å². The molecule has 3 aromatic rings. The maximum Gasteiger partial charge on any atom is 0.415 e. The Balaban J connectivity index is 1.45. The molecule has 3 amide bonds. The Morgan fingerprint density at radius 3 is 2.17 bits per heavy atom. The zero-order valence-electron chi connectivity index (χ0n) is 26.4. The Labute approximate surface area is 267 Å². The van der Waals surface area contributed by atoms with Gasteiger partial charge in [0, 0.05) is 44.1 Å². The number of para-hydroxylation sites is 1. The second-order valence-electron chi connectivity index (χ2n) is 12.0. The molecule has 1 fully saturated rings. The number of aryl methyl sites for hydroxylation is 1. The molecule has 0 spiro atoms. The van der Waals surface area contributed by atoms with Gasteiger partial charge in [0.2, 0.25) is 11.8 Å². The van der Waals surface area contributed by atoms with Crippen LogP contribution in [-0.2, 0) is 14.4 Å². The summed E-state index contributed by atoms with van der Waals surface area (Å²) in [4.78, 5) is 66.5. The molecule has 0 aliphatic carbocycles. The summed E-state index contributed by atoms with van der Waals surface area (Å²) >= 11 is 0. The van der Waals surface area contributed by atoms with Crippen LogP contribution in [-0.4, -0.2) is 93.2 Å². The number of hydrogen-bond donors (Lipinski definition) is 2. The number of rotatable bonds is 11. The number of ketones is 1. The maximum absolute atomic E-state index is 13.5. The minimum absolute atomic E-state index is 0.0844. The van der Waals surface area contributed by atoms with Crippen molar-refractivity contribution in [1.82, 2.24) is 24.9 Å². The van der Waals surface area contributed by atoms with Crippen LogP contribution in [0.15, 0.2) is 60.7 Å². The Hall–Kier alpha value is -5.20. The number of aromatic nitrogens is 2. The molecule has 1 aliphatic rings. The van der Waals surface area contributed by atoms with Crippen LogP contribution >= 0.6 is 0 Å². The molecule has 1 aliphatic heterocycles. The van der Waals surface area contributed by atoms with Gasteiger partial charge < -0.3 is 29.7 Å². The molecule has 46 heavy (non-hydrogen) atoms. The quantitative estimate of drug-likeness (QED) is 0.322. The van der Waals surface area contributed by atoms with Crippen LogP contribution in [0.1, 0.15) is 49.7 Å². The van der Waals surface area contributed by atoms with Crippen molar-refractivity contribution in [2.45, 2.75) is 46.6 Å². The van der Waals surface area contributed by atoms with Crippen molar-refractivity contribution in [3.8, 4) is 17.3 Å². The number of ether oxygens (including phenoxy) is 2. The molecule has 0 saturated carbocycles. The van der Waals surface area contributed by atoms with Crippen LogP contribution in [0, 0.1) is 12.3 Å². The number of nitrogens with zero attached hydrogens (tertiary/aromatic N) is 4. The second-order valence-corrected chi connectivity index (χ2v) is 12.0. The van der Waals surface area contributed by atoms with E-state index < -0.39 is 35.3 Å². The number of carbonyl (C=O) groups excluding carboxylic acids is 4. The number of carboxylic acids is 1. The first-order valence-electron chi connectivity index (χ1n) is 15.0. The van der Waals surface area contributed by atoms with Gasteiger partial charge in [-0.05, 0) is 37.6 Å². The highest BCUT2D eigenvalue weighted by Crippen LogP contribution is 2.22. The van der Waals surface area contributed by atoms with E-state index in [0.717, 1.165) is 5.56 Å². The van der Waals surface area contributed by atoms with Crippen LogP contribution < -0.4 is 14.8 Å². The van der Waals surface area contributed by atoms with Gasteiger partial charge in [-0.15, -0.1) is 0 Å². The summed E-state index contributed by atoms with van der Waals surface area (Å²) in [6.07, 6.45) is -1.05. The Kier molecular flexibility index (Phi) is 10.8. The number of hydrogen-bond acceptors (Lipinski definition) is 8. The lowest BCUT2D eigenvalue weighted by molar-refractivity contribution is -0.138. The van der Waals surface area contributed by atoms with Crippen LogP contribution in [0.5, 0.6) is 11.6 Å². The molecule has 2 N–H and O–H groups in total. The summed E-state index contributed by atoms with van der Waals surface area (Å²) in [7, 11) is 0. The standard InChI is InChI=1S/C33H39N5O8/c1-22-10-12-24(13-11-22)46-32(44)37-18-16-36(17-19-37)31(43)25(14-15-29(40)41)34-30(42)26-20-28(45-21-27(39)33(2,3)4)38(35-26)23-8-6-5-7-9-23/h5-13,20,25H,14-19,21H2,1-4H3,(H,34,42)(H,40,41). The molecule has 0 bridgehead atoms. The largest absolute Gasteiger partial charge is 0.481 e. The van der Waals surface area contributed by atoms with E-state index >= 15 is 0 Å². The molecule has 2 heterocycles. The lowest BCUT2D eigenvalue weighted by Gasteiger charge is -2.35. The third kappa shape index (κ3) is 8.93. The fraction of sp³-hybridized carbons (Fsp3) is 0.394. The fourth-order valence-corrected chi connectivity index (χ4v) is 4.55. The molecule has 1 atom stereocenters. The van der Waals surface area contributed by atoms with E-state index in [1.165, 1.54) is 20.5 Å². The predicted octanol–water partition coefficient (Wildman–Crippen LogP) is 3.48. The molecule has 244 valence electrons. The summed E-state index contributed by atoms with van der Waals surface area (Å²) in [5.74, 6) is -1.90. The molecular formula is C33H39N5O8. The summed E-state index contributed by atoms with van der Waals surface area (Å²) in [5, 5.41) is 16.3. The van der Waals surface area contributed by atoms with Gasteiger partial charge in [0.15, 0.2) is 11.5 Å². The predicted molar refractivity (Wildman–Crippen MR) is 167 cm³/mol. The van der Waals surface area contributed by atoms with Crippen LogP contribution in [0.2, 0.25) is 0 Å². The first-order valence-corrected chi connectivity index (χ1v) is 15.0. The summed E-state index contributed by atoms with van der Waals surface area (Å²) in [6, 6.07) is 16.2. The average molecular weight is 634 g/mol. The lowest BCUT2D eigenvalue weighted by atomic mass is 9.91. The Bertz CT molecular complexity index is 1550. The van der Waals surface area contributed by atoms with E-state index in [4.69, 9.17) is 9.47 Å². The van der Waals surface area contributed by atoms with E-state index in [1.54, 1.807) is 57.2 Å². The molecule has 1 unspecified atom stereocenters. The highest BCUT2D eigenvalue weighted by atomic mass is 16.6. The van der Waals surface area contributed by atoms with Crippen molar-refractivity contribution >= 4 is 29.7 Å². The fourth-order valence-electron chi connectivity index (χ4n) is 4.55. The number of aliphatic carboxylic acids is 1. The molecule has 1 aromatic heterocycles. The van der Waals surface area contributed by atoms with Gasteiger partial charge in [-0.2, -0.15) is 5.10 Å². The minimum Gasteiger partial charge on any atom is -0.481 e. The van der Waals surface area contributed by atoms with E-state index in [2.05, 4.69) is 10.4 Å². The zero-order chi connectivity index (χ0) is 33.4. The van der Waals surface area contributed by atoms with Crippen molar-refractivity contribution in [2.75, 3.05) is 32.8 Å². The monoisotopic (exact) mass is 633 g/mol. The summed E-state index contributed by atoms with van der Waals surface area (Å²) in [5.41, 5.74) is 0.890. The summed E-state index contributed by atoms with van der Waals surface area (Å²) in [6.45, 7) is 7.75. The number of piperazine rings is 1. The number of Topliss-reactive ketones (excluding diaryl/α,β-unsaturated/α-hetero) is 1. The molecule has 0 radical (unpaired) electrons. The van der Waals surface area contributed by atoms with E-state index in [9.17, 15) is 29.1 Å². The molecule has 1 saturated heterocycles. The van der Waals surface area contributed by atoms with Gasteiger partial charge in [0.1, 0.15) is 18.4 Å². The minimum atomic E-state index is -1.16. The van der Waals surface area contributed by atoms with Gasteiger partial charge in [0.25, 0.3) is 5.91 Å². The third-order valence-corrected chi connectivity index (χ3v) is 7.42. The van der Waals surface area contributed by atoms with Gasteiger partial charge in [-0.25, -0.2) is 9.48 Å². The first kappa shape index (κ1) is 33.7. The Morgan fingerprint density at radius 2 is 1.57 bits per heavy atom. The molecule has 4 rings (SSSR count). The number of nitrogens with one attached hydrogen (secondary N) is 1. The van der Waals surface area contributed by atoms with Gasteiger partial charge in [-0.1, -0.05) is 56.7 Å². The number of amides is 3. The second kappa shape index (κ2) is 14.7. The van der Waals surface area contributed by atoms with Crippen molar-refractivity contribution < 1.29 is 38.6 Å². The Morgan fingerprint density at radius 1 is 0.935 bits per heavy atom. The topological polar surface area (TPSA) is 160 Å². The number of carboxylic acid groups (broad SMARTS) is 1. The molecule has 13 nitrogen and oxygen atoms in total.